The fourth-order valence-electron chi connectivity index (χ4n) is 3.26. The van der Waals surface area contributed by atoms with Crippen LogP contribution < -0.4 is 15.5 Å². The number of hydrogen-bond acceptors (Lipinski definition) is 3. The zero-order valence-electron chi connectivity index (χ0n) is 16.0. The normalized spacial score (nSPS) is 15.0. The van der Waals surface area contributed by atoms with E-state index in [1.54, 1.807) is 12.1 Å². The lowest BCUT2D eigenvalue weighted by Gasteiger charge is -2.24. The molecule has 5 nitrogen and oxygen atoms in total. The lowest BCUT2D eigenvalue weighted by Crippen LogP contribution is -2.34. The van der Waals surface area contributed by atoms with Crippen LogP contribution >= 0.6 is 0 Å². The average Bonchev–Trinajstić information content (AvgIpc) is 2.60. The first-order valence-corrected chi connectivity index (χ1v) is 9.45. The van der Waals surface area contributed by atoms with Gasteiger partial charge in [-0.05, 0) is 50.8 Å². The molecule has 0 heterocycles. The zero-order valence-corrected chi connectivity index (χ0v) is 16.0. The molecule has 26 heavy (non-hydrogen) atoms. The topological polar surface area (TPSA) is 61.4 Å². The molecule has 1 aliphatic rings. The molecule has 0 aliphatic heterocycles. The van der Waals surface area contributed by atoms with Crippen molar-refractivity contribution < 1.29 is 14.0 Å². The van der Waals surface area contributed by atoms with Crippen LogP contribution in [0.2, 0.25) is 0 Å². The summed E-state index contributed by atoms with van der Waals surface area (Å²) in [6.07, 6.45) is 6.30. The van der Waals surface area contributed by atoms with Gasteiger partial charge in [0.2, 0.25) is 11.8 Å². The van der Waals surface area contributed by atoms with Gasteiger partial charge in [-0.2, -0.15) is 0 Å². The molecule has 0 aromatic heterocycles. The van der Waals surface area contributed by atoms with Crippen LogP contribution in [0.5, 0.6) is 0 Å². The van der Waals surface area contributed by atoms with Crippen molar-refractivity contribution in [3.8, 4) is 0 Å². The van der Waals surface area contributed by atoms with Gasteiger partial charge in [-0.3, -0.25) is 9.59 Å². The summed E-state index contributed by atoms with van der Waals surface area (Å²) in [5, 5.41) is 5.28. The summed E-state index contributed by atoms with van der Waals surface area (Å²) >= 11 is 0. The number of carbonyl (C=O) groups excluding carboxylic acids is 2. The lowest BCUT2D eigenvalue weighted by molar-refractivity contribution is -0.125. The first-order valence-electron chi connectivity index (χ1n) is 9.45. The Morgan fingerprint density at radius 1 is 1.19 bits per heavy atom. The number of rotatable bonds is 7. The van der Waals surface area contributed by atoms with Crippen LogP contribution in [0.25, 0.3) is 0 Å². The smallest absolute Gasteiger partial charge is 0.243 e. The molecule has 0 bridgehead atoms. The van der Waals surface area contributed by atoms with E-state index in [0.29, 0.717) is 23.7 Å². The van der Waals surface area contributed by atoms with Gasteiger partial charge in [-0.15, -0.1) is 0 Å². The molecule has 6 heteroatoms. The minimum atomic E-state index is -0.389. The summed E-state index contributed by atoms with van der Waals surface area (Å²) in [4.78, 5) is 25.8. The Labute approximate surface area is 155 Å². The van der Waals surface area contributed by atoms with E-state index in [-0.39, 0.29) is 30.2 Å². The number of halogens is 1. The number of anilines is 2. The summed E-state index contributed by atoms with van der Waals surface area (Å²) in [6.45, 7) is 3.86. The Morgan fingerprint density at radius 3 is 2.50 bits per heavy atom. The minimum absolute atomic E-state index is 0.0906. The maximum atomic E-state index is 14.2. The van der Waals surface area contributed by atoms with Gasteiger partial charge < -0.3 is 15.5 Å². The summed E-state index contributed by atoms with van der Waals surface area (Å²) < 4.78 is 14.2. The van der Waals surface area contributed by atoms with E-state index < -0.39 is 0 Å². The molecular weight excluding hydrogens is 333 g/mol. The third kappa shape index (κ3) is 6.00. The Morgan fingerprint density at radius 2 is 1.88 bits per heavy atom. The van der Waals surface area contributed by atoms with Gasteiger partial charge in [0.05, 0.1) is 12.2 Å². The Bertz CT molecular complexity index is 627. The van der Waals surface area contributed by atoms with E-state index >= 15 is 0 Å². The SMILES string of the molecule is CC(C)N(C)c1ccc(NC(=O)CNC(=O)CC2CCCCC2)cc1F. The van der Waals surface area contributed by atoms with Gasteiger partial charge in [0.1, 0.15) is 5.82 Å². The Kier molecular flexibility index (Phi) is 7.42. The van der Waals surface area contributed by atoms with Gasteiger partial charge in [0, 0.05) is 25.2 Å². The predicted molar refractivity (Wildman–Crippen MR) is 103 cm³/mol. The van der Waals surface area contributed by atoms with E-state index in [1.807, 2.05) is 25.8 Å². The van der Waals surface area contributed by atoms with Crippen LogP contribution in [0.3, 0.4) is 0 Å². The van der Waals surface area contributed by atoms with Crippen molar-refractivity contribution in [2.75, 3.05) is 23.8 Å². The predicted octanol–water partition coefficient (Wildman–Crippen LogP) is 3.70. The van der Waals surface area contributed by atoms with Gasteiger partial charge in [0.15, 0.2) is 0 Å². The van der Waals surface area contributed by atoms with E-state index in [4.69, 9.17) is 0 Å². The Balaban J connectivity index is 1.80. The van der Waals surface area contributed by atoms with Crippen molar-refractivity contribution in [2.24, 2.45) is 5.92 Å². The van der Waals surface area contributed by atoms with Crippen molar-refractivity contribution in [3.05, 3.63) is 24.0 Å². The second-order valence-electron chi connectivity index (χ2n) is 7.40. The van der Waals surface area contributed by atoms with Crippen molar-refractivity contribution in [2.45, 2.75) is 58.4 Å². The molecular formula is C20H30FN3O2. The molecule has 1 aromatic rings. The van der Waals surface area contributed by atoms with E-state index in [0.717, 1.165) is 12.8 Å². The maximum absolute atomic E-state index is 14.2. The van der Waals surface area contributed by atoms with Crippen LogP contribution in [0.1, 0.15) is 52.4 Å². The van der Waals surface area contributed by atoms with E-state index in [1.165, 1.54) is 25.3 Å². The second-order valence-corrected chi connectivity index (χ2v) is 7.40. The van der Waals surface area contributed by atoms with Gasteiger partial charge in [-0.25, -0.2) is 4.39 Å². The van der Waals surface area contributed by atoms with Crippen LogP contribution in [-0.4, -0.2) is 31.4 Å². The minimum Gasteiger partial charge on any atom is -0.370 e. The number of amides is 2. The highest BCUT2D eigenvalue weighted by atomic mass is 19.1. The second kappa shape index (κ2) is 9.55. The van der Waals surface area contributed by atoms with Crippen molar-refractivity contribution in [1.29, 1.82) is 0 Å². The average molecular weight is 363 g/mol. The molecule has 0 atom stereocenters. The number of nitrogens with zero attached hydrogens (tertiary/aromatic N) is 1. The van der Waals surface area contributed by atoms with Gasteiger partial charge >= 0.3 is 0 Å². The number of benzene rings is 1. The number of nitrogens with one attached hydrogen (secondary N) is 2. The molecule has 2 amide bonds. The molecule has 1 aromatic carbocycles. The summed E-state index contributed by atoms with van der Waals surface area (Å²) in [5.74, 6) is -0.398. The van der Waals surface area contributed by atoms with Crippen LogP contribution in [0.15, 0.2) is 18.2 Å². The first-order chi connectivity index (χ1) is 12.4. The van der Waals surface area contributed by atoms with Crippen LogP contribution in [0.4, 0.5) is 15.8 Å². The van der Waals surface area contributed by atoms with Crippen molar-refractivity contribution >= 4 is 23.2 Å². The summed E-state index contributed by atoms with van der Waals surface area (Å²) in [7, 11) is 1.82. The van der Waals surface area contributed by atoms with Crippen LogP contribution in [0, 0.1) is 11.7 Å². The summed E-state index contributed by atoms with van der Waals surface area (Å²) in [6, 6.07) is 4.78. The first kappa shape index (κ1) is 20.2. The molecule has 144 valence electrons. The largest absolute Gasteiger partial charge is 0.370 e. The highest BCUT2D eigenvalue weighted by molar-refractivity contribution is 5.94. The molecule has 1 fully saturated rings. The quantitative estimate of drug-likeness (QED) is 0.777. The monoisotopic (exact) mass is 363 g/mol. The highest BCUT2D eigenvalue weighted by Gasteiger charge is 2.17. The molecule has 1 saturated carbocycles. The molecule has 0 unspecified atom stereocenters. The van der Waals surface area contributed by atoms with Crippen molar-refractivity contribution in [3.63, 3.8) is 0 Å². The maximum Gasteiger partial charge on any atom is 0.243 e. The lowest BCUT2D eigenvalue weighted by atomic mass is 9.87. The zero-order chi connectivity index (χ0) is 19.1. The standard InChI is InChI=1S/C20H30FN3O2/c1-14(2)24(3)18-10-9-16(12-17(18)21)23-20(26)13-22-19(25)11-15-7-5-4-6-8-15/h9-10,12,14-15H,4-8,11,13H2,1-3H3,(H,22,25)(H,23,26). The number of carbonyl (C=O) groups is 2. The Hall–Kier alpha value is -2.11. The number of hydrogen-bond donors (Lipinski definition) is 2. The molecule has 0 saturated heterocycles. The molecule has 2 N–H and O–H groups in total. The van der Waals surface area contributed by atoms with E-state index in [2.05, 4.69) is 10.6 Å². The molecule has 0 radical (unpaired) electrons. The molecule has 2 rings (SSSR count). The van der Waals surface area contributed by atoms with Crippen molar-refractivity contribution in [1.82, 2.24) is 5.32 Å². The fourth-order valence-corrected chi connectivity index (χ4v) is 3.26. The highest BCUT2D eigenvalue weighted by Crippen LogP contribution is 2.26. The summed E-state index contributed by atoms with van der Waals surface area (Å²) in [5.41, 5.74) is 0.869. The van der Waals surface area contributed by atoms with Crippen LogP contribution in [-0.2, 0) is 9.59 Å². The van der Waals surface area contributed by atoms with Gasteiger partial charge in [0.25, 0.3) is 0 Å². The molecule has 1 aliphatic carbocycles. The third-order valence-corrected chi connectivity index (χ3v) is 5.03. The van der Waals surface area contributed by atoms with E-state index in [9.17, 15) is 14.0 Å². The third-order valence-electron chi connectivity index (χ3n) is 5.03. The fraction of sp³-hybridized carbons (Fsp3) is 0.600. The molecule has 0 spiro atoms. The van der Waals surface area contributed by atoms with Gasteiger partial charge in [-0.1, -0.05) is 19.3 Å².